The van der Waals surface area contributed by atoms with Gasteiger partial charge in [0.05, 0.1) is 16.9 Å². The minimum absolute atomic E-state index is 0.242. The quantitative estimate of drug-likeness (QED) is 0.344. The predicted molar refractivity (Wildman–Crippen MR) is 134 cm³/mol. The van der Waals surface area contributed by atoms with Gasteiger partial charge in [-0.1, -0.05) is 34.1 Å². The Hall–Kier alpha value is -3.78. The molecule has 1 aliphatic carbocycles. The number of nitrogens with one attached hydrogen (secondary N) is 2. The molecule has 0 unspecified atom stereocenters. The largest absolute Gasteiger partial charge is 0.455 e. The van der Waals surface area contributed by atoms with Crippen molar-refractivity contribution in [2.75, 3.05) is 5.32 Å². The summed E-state index contributed by atoms with van der Waals surface area (Å²) in [6, 6.07) is 16.5. The Morgan fingerprint density at radius 1 is 1.03 bits per heavy atom. The summed E-state index contributed by atoms with van der Waals surface area (Å²) in [5, 5.41) is 8.26. The van der Waals surface area contributed by atoms with E-state index in [0.29, 0.717) is 46.6 Å². The van der Waals surface area contributed by atoms with Crippen LogP contribution in [0.25, 0.3) is 10.9 Å². The van der Waals surface area contributed by atoms with E-state index in [1.165, 1.54) is 0 Å². The zero-order chi connectivity index (χ0) is 23.7. The average molecular weight is 517 g/mol. The molecule has 2 heterocycles. The number of carbonyl (C=O) groups is 2. The molecule has 2 aromatic carbocycles. The number of benzene rings is 2. The van der Waals surface area contributed by atoms with Gasteiger partial charge in [0, 0.05) is 39.2 Å². The van der Waals surface area contributed by atoms with Gasteiger partial charge in [0.15, 0.2) is 5.76 Å². The van der Waals surface area contributed by atoms with Crippen LogP contribution in [0.4, 0.5) is 5.69 Å². The number of hydrogen-bond donors (Lipinski definition) is 2. The van der Waals surface area contributed by atoms with Crippen LogP contribution in [0.15, 0.2) is 74.8 Å². The highest BCUT2D eigenvalue weighted by Gasteiger charge is 2.28. The number of anilines is 1. The van der Waals surface area contributed by atoms with Crippen molar-refractivity contribution in [2.24, 2.45) is 5.10 Å². The third kappa shape index (κ3) is 4.24. The summed E-state index contributed by atoms with van der Waals surface area (Å²) in [6.45, 7) is 1.84. The second-order valence-corrected chi connectivity index (χ2v) is 8.96. The first kappa shape index (κ1) is 22.0. The Bertz CT molecular complexity index is 1440. The molecule has 0 atom stereocenters. The van der Waals surface area contributed by atoms with E-state index in [-0.39, 0.29) is 17.6 Å². The minimum Gasteiger partial charge on any atom is -0.455 e. The van der Waals surface area contributed by atoms with Gasteiger partial charge in [-0.15, -0.1) is 0 Å². The summed E-state index contributed by atoms with van der Waals surface area (Å²) in [5.74, 6) is 0.311. The van der Waals surface area contributed by atoms with Crippen LogP contribution in [0.1, 0.15) is 50.6 Å². The maximum absolute atomic E-state index is 13.1. The molecule has 0 saturated heterocycles. The first-order valence-electron chi connectivity index (χ1n) is 10.9. The van der Waals surface area contributed by atoms with Gasteiger partial charge in [-0.2, -0.15) is 5.10 Å². The van der Waals surface area contributed by atoms with Gasteiger partial charge >= 0.3 is 0 Å². The van der Waals surface area contributed by atoms with E-state index >= 15 is 0 Å². The lowest BCUT2D eigenvalue weighted by Crippen LogP contribution is -2.22. The van der Waals surface area contributed by atoms with E-state index in [1.54, 1.807) is 30.5 Å². The Balaban J connectivity index is 1.40. The van der Waals surface area contributed by atoms with Crippen molar-refractivity contribution in [3.8, 4) is 0 Å². The molecule has 4 aromatic rings. The van der Waals surface area contributed by atoms with Crippen molar-refractivity contribution < 1.29 is 14.0 Å². The van der Waals surface area contributed by atoms with Crippen LogP contribution in [0.5, 0.6) is 0 Å². The zero-order valence-corrected chi connectivity index (χ0v) is 20.0. The topological polar surface area (TPSA) is 96.6 Å². The molecule has 0 fully saturated rings. The van der Waals surface area contributed by atoms with E-state index < -0.39 is 0 Å². The molecular formula is C26H21BrN4O3. The highest BCUT2D eigenvalue weighted by atomic mass is 79.9. The van der Waals surface area contributed by atoms with Gasteiger partial charge < -0.3 is 9.73 Å². The summed E-state index contributed by atoms with van der Waals surface area (Å²) in [7, 11) is 0. The van der Waals surface area contributed by atoms with Crippen molar-refractivity contribution in [3.05, 3.63) is 93.5 Å². The van der Waals surface area contributed by atoms with E-state index in [1.807, 2.05) is 37.3 Å². The van der Waals surface area contributed by atoms with Gasteiger partial charge in [-0.05, 0) is 56.2 Å². The standard InChI is InChI=1S/C26H21BrN4O3/c1-15-22-19(30-31-25(32)17-10-12-18(27)13-11-17)7-3-9-21(22)34-24(15)26(33)29-20-8-2-5-16-6-4-14-28-23(16)20/h2,4-6,8,10-14H,3,7,9H2,1H3,(H,29,33)(H,31,32)/b30-19+. The maximum Gasteiger partial charge on any atom is 0.291 e. The van der Waals surface area contributed by atoms with Gasteiger partial charge in [0.25, 0.3) is 11.8 Å². The molecule has 1 aliphatic rings. The molecule has 2 N–H and O–H groups in total. The number of nitrogens with zero attached hydrogens (tertiary/aromatic N) is 2. The van der Waals surface area contributed by atoms with Crippen molar-refractivity contribution >= 4 is 50.0 Å². The molecule has 0 radical (unpaired) electrons. The lowest BCUT2D eigenvalue weighted by Gasteiger charge is -2.13. The Morgan fingerprint density at radius 2 is 1.82 bits per heavy atom. The highest BCUT2D eigenvalue weighted by molar-refractivity contribution is 9.10. The smallest absolute Gasteiger partial charge is 0.291 e. The number of halogens is 1. The van der Waals surface area contributed by atoms with Crippen molar-refractivity contribution in [2.45, 2.75) is 26.2 Å². The number of fused-ring (bicyclic) bond motifs is 2. The van der Waals surface area contributed by atoms with Crippen LogP contribution in [0.3, 0.4) is 0 Å². The third-order valence-electron chi connectivity index (χ3n) is 5.81. The number of furan rings is 1. The van der Waals surface area contributed by atoms with Gasteiger partial charge in [0.1, 0.15) is 5.76 Å². The Labute approximate surface area is 204 Å². The molecule has 7 nitrogen and oxygen atoms in total. The van der Waals surface area contributed by atoms with Crippen LogP contribution >= 0.6 is 15.9 Å². The molecule has 5 rings (SSSR count). The summed E-state index contributed by atoms with van der Waals surface area (Å²) < 4.78 is 6.88. The normalized spacial score (nSPS) is 14.1. The van der Waals surface area contributed by atoms with Crippen LogP contribution in [-0.2, 0) is 6.42 Å². The summed E-state index contributed by atoms with van der Waals surface area (Å²) in [6.07, 6.45) is 3.91. The second kappa shape index (κ2) is 9.23. The van der Waals surface area contributed by atoms with E-state index in [9.17, 15) is 9.59 Å². The average Bonchev–Trinajstić information content (AvgIpc) is 3.20. The number of hydrazone groups is 1. The number of pyridine rings is 1. The second-order valence-electron chi connectivity index (χ2n) is 8.05. The summed E-state index contributed by atoms with van der Waals surface area (Å²) in [4.78, 5) is 30.0. The highest BCUT2D eigenvalue weighted by Crippen LogP contribution is 2.31. The minimum atomic E-state index is -0.344. The molecule has 0 saturated carbocycles. The first-order valence-corrected chi connectivity index (χ1v) is 11.7. The third-order valence-corrected chi connectivity index (χ3v) is 6.34. The van der Waals surface area contributed by atoms with E-state index in [2.05, 4.69) is 36.8 Å². The molecule has 0 aliphatic heterocycles. The Kier molecular flexibility index (Phi) is 5.98. The molecular weight excluding hydrogens is 496 g/mol. The predicted octanol–water partition coefficient (Wildman–Crippen LogP) is 5.62. The summed E-state index contributed by atoms with van der Waals surface area (Å²) in [5.41, 5.74) is 6.69. The molecule has 2 aromatic heterocycles. The number of para-hydroxylation sites is 1. The lowest BCUT2D eigenvalue weighted by molar-refractivity contribution is 0.0953. The molecule has 0 spiro atoms. The van der Waals surface area contributed by atoms with Crippen LogP contribution in [0, 0.1) is 6.92 Å². The van der Waals surface area contributed by atoms with Crippen LogP contribution in [0.2, 0.25) is 0 Å². The van der Waals surface area contributed by atoms with Crippen molar-refractivity contribution in [3.63, 3.8) is 0 Å². The molecule has 170 valence electrons. The zero-order valence-electron chi connectivity index (χ0n) is 18.4. The fourth-order valence-corrected chi connectivity index (χ4v) is 4.43. The number of aromatic nitrogens is 1. The fourth-order valence-electron chi connectivity index (χ4n) is 4.16. The molecule has 8 heteroatoms. The first-order chi connectivity index (χ1) is 16.5. The van der Waals surface area contributed by atoms with Gasteiger partial charge in [-0.3, -0.25) is 14.6 Å². The number of hydrogen-bond acceptors (Lipinski definition) is 5. The number of aryl methyl sites for hydroxylation is 1. The van der Waals surface area contributed by atoms with Crippen LogP contribution in [-0.4, -0.2) is 22.5 Å². The molecule has 0 bridgehead atoms. The van der Waals surface area contributed by atoms with Gasteiger partial charge in [0.2, 0.25) is 0 Å². The monoisotopic (exact) mass is 516 g/mol. The maximum atomic E-state index is 13.1. The number of amides is 2. The number of rotatable bonds is 4. The van der Waals surface area contributed by atoms with E-state index in [4.69, 9.17) is 4.42 Å². The Morgan fingerprint density at radius 3 is 2.65 bits per heavy atom. The summed E-state index contributed by atoms with van der Waals surface area (Å²) >= 11 is 3.36. The van der Waals surface area contributed by atoms with Crippen LogP contribution < -0.4 is 10.7 Å². The number of carbonyl (C=O) groups excluding carboxylic acids is 2. The van der Waals surface area contributed by atoms with E-state index in [0.717, 1.165) is 21.8 Å². The van der Waals surface area contributed by atoms with Gasteiger partial charge in [-0.25, -0.2) is 5.43 Å². The SMILES string of the molecule is Cc1c(C(=O)Nc2cccc3cccnc23)oc2c1/C(=N/NC(=O)c1ccc(Br)cc1)CCC2. The molecule has 2 amide bonds. The lowest BCUT2D eigenvalue weighted by atomic mass is 9.93. The van der Waals surface area contributed by atoms with Crippen molar-refractivity contribution in [1.29, 1.82) is 0 Å². The molecule has 34 heavy (non-hydrogen) atoms. The fraction of sp³-hybridized carbons (Fsp3) is 0.154. The van der Waals surface area contributed by atoms with Crippen molar-refractivity contribution in [1.82, 2.24) is 10.4 Å².